The quantitative estimate of drug-likeness (QED) is 0.533. The van der Waals surface area contributed by atoms with Crippen LogP contribution in [0, 0.1) is 0 Å². The lowest BCUT2D eigenvalue weighted by molar-refractivity contribution is 0.283. The first-order valence-corrected chi connectivity index (χ1v) is 6.43. The Balaban J connectivity index is 2.23. The van der Waals surface area contributed by atoms with Gasteiger partial charge in [0.05, 0.1) is 11.4 Å². The van der Waals surface area contributed by atoms with E-state index in [1.807, 2.05) is 18.2 Å². The Morgan fingerprint density at radius 1 is 1.19 bits per heavy atom. The number of unbranched alkanes of at least 4 members (excludes halogenated alkanes) is 3. The van der Waals surface area contributed by atoms with Crippen molar-refractivity contribution in [2.45, 2.75) is 25.7 Å². The third-order valence-corrected chi connectivity index (χ3v) is 2.91. The van der Waals surface area contributed by atoms with E-state index in [1.165, 1.54) is 0 Å². The average Bonchev–Trinajstić information content (AvgIpc) is 2.28. The van der Waals surface area contributed by atoms with Crippen LogP contribution >= 0.6 is 15.9 Å². The van der Waals surface area contributed by atoms with E-state index in [2.05, 4.69) is 21.2 Å². The van der Waals surface area contributed by atoms with Gasteiger partial charge in [0.1, 0.15) is 0 Å². The molecule has 16 heavy (non-hydrogen) atoms. The van der Waals surface area contributed by atoms with Gasteiger partial charge in [0.15, 0.2) is 0 Å². The third-order valence-electron chi connectivity index (χ3n) is 2.42. The molecule has 0 atom stereocenters. The van der Waals surface area contributed by atoms with Crippen LogP contribution in [0.1, 0.15) is 25.7 Å². The fourth-order valence-corrected chi connectivity index (χ4v) is 1.86. The number of rotatable bonds is 7. The van der Waals surface area contributed by atoms with Crippen molar-refractivity contribution in [2.24, 2.45) is 0 Å². The van der Waals surface area contributed by atoms with Crippen molar-refractivity contribution in [2.75, 3.05) is 24.2 Å². The number of aliphatic hydroxyl groups is 1. The van der Waals surface area contributed by atoms with Gasteiger partial charge < -0.3 is 16.2 Å². The minimum atomic E-state index is 0.298. The van der Waals surface area contributed by atoms with Crippen LogP contribution in [0.3, 0.4) is 0 Å². The lowest BCUT2D eigenvalue weighted by Crippen LogP contribution is -2.04. The molecule has 0 saturated carbocycles. The van der Waals surface area contributed by atoms with Gasteiger partial charge in [-0.05, 0) is 31.0 Å². The van der Waals surface area contributed by atoms with E-state index < -0.39 is 0 Å². The number of aliphatic hydroxyl groups excluding tert-OH is 1. The molecule has 0 saturated heterocycles. The van der Waals surface area contributed by atoms with Crippen LogP contribution in [-0.2, 0) is 0 Å². The summed E-state index contributed by atoms with van der Waals surface area (Å²) < 4.78 is 1.03. The largest absolute Gasteiger partial charge is 0.397 e. The molecular formula is C12H19BrN2O. The van der Waals surface area contributed by atoms with Crippen LogP contribution in [-0.4, -0.2) is 18.3 Å². The molecule has 4 N–H and O–H groups in total. The van der Waals surface area contributed by atoms with Gasteiger partial charge in [-0.25, -0.2) is 0 Å². The zero-order valence-corrected chi connectivity index (χ0v) is 11.0. The Labute approximate surface area is 105 Å². The maximum absolute atomic E-state index is 8.63. The van der Waals surface area contributed by atoms with Crippen LogP contribution in [0.25, 0.3) is 0 Å². The lowest BCUT2D eigenvalue weighted by Gasteiger charge is -2.09. The maximum Gasteiger partial charge on any atom is 0.0585 e. The van der Waals surface area contributed by atoms with E-state index in [1.54, 1.807) is 0 Å². The number of anilines is 2. The summed E-state index contributed by atoms with van der Waals surface area (Å²) in [5, 5.41) is 11.9. The highest BCUT2D eigenvalue weighted by Gasteiger charge is 1.98. The van der Waals surface area contributed by atoms with Crippen LogP contribution in [0.5, 0.6) is 0 Å². The third kappa shape index (κ3) is 4.86. The van der Waals surface area contributed by atoms with Gasteiger partial charge in [0, 0.05) is 17.6 Å². The van der Waals surface area contributed by atoms with E-state index in [9.17, 15) is 0 Å². The SMILES string of the molecule is Nc1ccc(Br)cc1NCCCCCCO. The van der Waals surface area contributed by atoms with Crippen molar-refractivity contribution in [1.29, 1.82) is 0 Å². The number of benzene rings is 1. The molecule has 0 aliphatic rings. The summed E-state index contributed by atoms with van der Waals surface area (Å²) in [6.07, 6.45) is 4.23. The number of nitrogen functional groups attached to an aromatic ring is 1. The number of halogens is 1. The first-order chi connectivity index (χ1) is 7.74. The van der Waals surface area contributed by atoms with Gasteiger partial charge in [-0.15, -0.1) is 0 Å². The number of hydrogen-bond acceptors (Lipinski definition) is 3. The molecule has 1 aromatic carbocycles. The van der Waals surface area contributed by atoms with Gasteiger partial charge in [-0.2, -0.15) is 0 Å². The van der Waals surface area contributed by atoms with Gasteiger partial charge in [-0.3, -0.25) is 0 Å². The molecule has 0 aliphatic carbocycles. The van der Waals surface area contributed by atoms with Crippen LogP contribution in [0.15, 0.2) is 22.7 Å². The monoisotopic (exact) mass is 286 g/mol. The Kier molecular flexibility index (Phi) is 6.26. The van der Waals surface area contributed by atoms with E-state index >= 15 is 0 Å². The molecule has 0 bridgehead atoms. The summed E-state index contributed by atoms with van der Waals surface area (Å²) in [5.41, 5.74) is 7.59. The fraction of sp³-hybridized carbons (Fsp3) is 0.500. The Morgan fingerprint density at radius 3 is 2.69 bits per heavy atom. The lowest BCUT2D eigenvalue weighted by atomic mass is 10.2. The number of nitrogens with two attached hydrogens (primary N) is 1. The molecule has 0 spiro atoms. The summed E-state index contributed by atoms with van der Waals surface area (Å²) in [6.45, 7) is 1.22. The minimum Gasteiger partial charge on any atom is -0.397 e. The summed E-state index contributed by atoms with van der Waals surface area (Å²) in [7, 11) is 0. The molecule has 3 nitrogen and oxygen atoms in total. The molecule has 0 unspecified atom stereocenters. The first kappa shape index (κ1) is 13.3. The van der Waals surface area contributed by atoms with Crippen molar-refractivity contribution in [3.8, 4) is 0 Å². The Hall–Kier alpha value is -0.740. The zero-order valence-electron chi connectivity index (χ0n) is 9.38. The average molecular weight is 287 g/mol. The Morgan fingerprint density at radius 2 is 1.94 bits per heavy atom. The molecule has 0 heterocycles. The van der Waals surface area contributed by atoms with Crippen LogP contribution in [0.2, 0.25) is 0 Å². The highest BCUT2D eigenvalue weighted by atomic mass is 79.9. The predicted molar refractivity (Wildman–Crippen MR) is 72.6 cm³/mol. The number of hydrogen-bond donors (Lipinski definition) is 3. The van der Waals surface area contributed by atoms with Crippen molar-refractivity contribution in [3.63, 3.8) is 0 Å². The molecular weight excluding hydrogens is 268 g/mol. The molecule has 0 radical (unpaired) electrons. The summed E-state index contributed by atoms with van der Waals surface area (Å²) in [6, 6.07) is 5.81. The van der Waals surface area contributed by atoms with Crippen LogP contribution < -0.4 is 11.1 Å². The normalized spacial score (nSPS) is 10.4. The van der Waals surface area contributed by atoms with Crippen molar-refractivity contribution in [3.05, 3.63) is 22.7 Å². The summed E-state index contributed by atoms with van der Waals surface area (Å²) in [4.78, 5) is 0. The smallest absolute Gasteiger partial charge is 0.0585 e. The molecule has 0 fully saturated rings. The van der Waals surface area contributed by atoms with Crippen molar-refractivity contribution < 1.29 is 5.11 Å². The zero-order chi connectivity index (χ0) is 11.8. The molecule has 1 aromatic rings. The molecule has 4 heteroatoms. The highest BCUT2D eigenvalue weighted by Crippen LogP contribution is 2.23. The van der Waals surface area contributed by atoms with Gasteiger partial charge in [0.25, 0.3) is 0 Å². The Bertz CT molecular complexity index is 318. The van der Waals surface area contributed by atoms with E-state index in [0.29, 0.717) is 6.61 Å². The molecule has 0 amide bonds. The first-order valence-electron chi connectivity index (χ1n) is 5.64. The fourth-order valence-electron chi connectivity index (χ4n) is 1.50. The molecule has 0 aromatic heterocycles. The van der Waals surface area contributed by atoms with E-state index in [0.717, 1.165) is 48.1 Å². The molecule has 0 aliphatic heterocycles. The second-order valence-corrected chi connectivity index (χ2v) is 4.71. The number of nitrogens with one attached hydrogen (secondary N) is 1. The van der Waals surface area contributed by atoms with Gasteiger partial charge in [0.2, 0.25) is 0 Å². The van der Waals surface area contributed by atoms with Gasteiger partial charge >= 0.3 is 0 Å². The maximum atomic E-state index is 8.63. The standard InChI is InChI=1S/C12H19BrN2O/c13-10-5-6-11(14)12(9-10)15-7-3-1-2-4-8-16/h5-6,9,15-16H,1-4,7-8,14H2. The predicted octanol–water partition coefficient (Wildman–Crippen LogP) is 3.00. The summed E-state index contributed by atoms with van der Waals surface area (Å²) in [5.74, 6) is 0. The second-order valence-electron chi connectivity index (χ2n) is 3.80. The van der Waals surface area contributed by atoms with E-state index in [4.69, 9.17) is 10.8 Å². The topological polar surface area (TPSA) is 58.3 Å². The van der Waals surface area contributed by atoms with Gasteiger partial charge in [-0.1, -0.05) is 28.8 Å². The second kappa shape index (κ2) is 7.52. The summed E-state index contributed by atoms with van der Waals surface area (Å²) >= 11 is 3.42. The van der Waals surface area contributed by atoms with Crippen molar-refractivity contribution >= 4 is 27.3 Å². The highest BCUT2D eigenvalue weighted by molar-refractivity contribution is 9.10. The molecule has 90 valence electrons. The van der Waals surface area contributed by atoms with Crippen molar-refractivity contribution in [1.82, 2.24) is 0 Å². The van der Waals surface area contributed by atoms with Crippen LogP contribution in [0.4, 0.5) is 11.4 Å². The minimum absolute atomic E-state index is 0.298. The molecule has 1 rings (SSSR count). The van der Waals surface area contributed by atoms with E-state index in [-0.39, 0.29) is 0 Å².